The summed E-state index contributed by atoms with van der Waals surface area (Å²) in [5.41, 5.74) is 35.4. The van der Waals surface area contributed by atoms with Gasteiger partial charge in [0.15, 0.2) is 0 Å². The summed E-state index contributed by atoms with van der Waals surface area (Å²) in [6.07, 6.45) is 58.9. The largest absolute Gasteiger partial charge is 0.354 e. The highest BCUT2D eigenvalue weighted by Crippen LogP contribution is 2.46. The molecule has 0 atom stereocenters. The molecule has 8 nitrogen and oxygen atoms in total. The van der Waals surface area contributed by atoms with Crippen molar-refractivity contribution < 1.29 is 9.59 Å². The number of aryl methyl sites for hydroxylation is 5. The molecule has 8 heteroatoms. The zero-order valence-electron chi connectivity index (χ0n) is 72.6. The van der Waals surface area contributed by atoms with Crippen LogP contribution >= 0.6 is 0 Å². The third kappa shape index (κ3) is 23.4. The van der Waals surface area contributed by atoms with Gasteiger partial charge < -0.3 is 20.6 Å². The van der Waals surface area contributed by atoms with Gasteiger partial charge in [0.25, 0.3) is 0 Å². The molecule has 4 aliphatic rings. The number of unbranched alkanes of at least 4 members (excludes halogenated alkanes) is 12. The number of benzene rings is 3. The molecule has 602 valence electrons. The minimum Gasteiger partial charge on any atom is -0.354 e. The van der Waals surface area contributed by atoms with Crippen LogP contribution in [0.2, 0.25) is 0 Å². The van der Waals surface area contributed by atoms with Gasteiger partial charge in [0.1, 0.15) is 0 Å². The summed E-state index contributed by atoms with van der Waals surface area (Å²) in [4.78, 5) is 48.4. The average molecular weight is 1530 g/mol. The van der Waals surface area contributed by atoms with Crippen LogP contribution in [-0.2, 0) is 22.4 Å². The number of allylic oxidation sites excluding steroid dienone is 23. The summed E-state index contributed by atoms with van der Waals surface area (Å²) in [6.45, 7) is 36.3. The molecule has 0 unspecified atom stereocenters. The zero-order valence-corrected chi connectivity index (χ0v) is 72.6. The van der Waals surface area contributed by atoms with Gasteiger partial charge in [0, 0.05) is 45.4 Å². The number of fused-ring (bicyclic) bond motifs is 8. The number of carbonyl (C=O) groups is 2. The molecule has 5 heterocycles. The molecular formula is C106H136N6O2. The Bertz CT molecular complexity index is 4900. The van der Waals surface area contributed by atoms with E-state index in [4.69, 9.17) is 9.97 Å². The average Bonchev–Trinajstić information content (AvgIpc) is 1.59. The van der Waals surface area contributed by atoms with E-state index in [1.165, 1.54) is 180 Å². The van der Waals surface area contributed by atoms with E-state index in [9.17, 15) is 9.59 Å². The van der Waals surface area contributed by atoms with Crippen LogP contribution in [0, 0.1) is 38.0 Å². The van der Waals surface area contributed by atoms with Gasteiger partial charge in [-0.15, -0.1) is 0 Å². The van der Waals surface area contributed by atoms with Gasteiger partial charge in [0.05, 0.1) is 33.8 Å². The van der Waals surface area contributed by atoms with E-state index in [1.54, 1.807) is 0 Å². The van der Waals surface area contributed by atoms with Crippen molar-refractivity contribution in [2.24, 2.45) is 17.3 Å². The molecule has 0 radical (unpaired) electrons. The Balaban J connectivity index is 0.861. The third-order valence-electron chi connectivity index (χ3n) is 24.5. The van der Waals surface area contributed by atoms with Gasteiger partial charge in [0.2, 0.25) is 11.8 Å². The second-order valence-corrected chi connectivity index (χ2v) is 34.2. The number of rotatable bonds is 36. The van der Waals surface area contributed by atoms with E-state index in [2.05, 4.69) is 277 Å². The molecule has 4 N–H and O–H groups in total. The van der Waals surface area contributed by atoms with E-state index < -0.39 is 0 Å². The van der Waals surface area contributed by atoms with Crippen molar-refractivity contribution in [3.63, 3.8) is 0 Å². The predicted octanol–water partition coefficient (Wildman–Crippen LogP) is 30.6. The van der Waals surface area contributed by atoms with Gasteiger partial charge in [-0.05, 0) is 274 Å². The van der Waals surface area contributed by atoms with Gasteiger partial charge in [-0.1, -0.05) is 286 Å². The van der Waals surface area contributed by atoms with E-state index in [0.29, 0.717) is 25.7 Å². The minimum absolute atomic E-state index is 0.00566. The second-order valence-electron chi connectivity index (χ2n) is 34.2. The van der Waals surface area contributed by atoms with E-state index in [1.807, 2.05) is 24.3 Å². The lowest BCUT2D eigenvalue weighted by Gasteiger charge is -2.32. The SMILES string of the molecule is CCCCCCC1=C(C)c2nc1cc1[nH]c(c(C)c1CCCCCC)c(-c1ccc(C)cc1)c1nc(cc3[nH]c(c(C)c3CCCCCC)c2-c2ccc(NC(=O)C3CCC(C(=O)Nc4ccc(/C=C/C(C)=C/C=C/C(C)=C/C=C/C=C(C)/C=C/C=C(C)/C=C/C5=C(C)CCCC5(C)C)cc4)CC3)cc2)C(CCCCCC)=C1C. The summed E-state index contributed by atoms with van der Waals surface area (Å²) >= 11 is 0. The highest BCUT2D eigenvalue weighted by atomic mass is 16.2. The lowest BCUT2D eigenvalue weighted by Crippen LogP contribution is -2.32. The normalized spacial score (nSPS) is 16.8. The Labute approximate surface area is 686 Å². The maximum Gasteiger partial charge on any atom is 0.227 e. The molecule has 8 bridgehead atoms. The number of amides is 2. The third-order valence-corrected chi connectivity index (χ3v) is 24.5. The molecule has 3 aromatic heterocycles. The fourth-order valence-corrected chi connectivity index (χ4v) is 17.3. The maximum absolute atomic E-state index is 14.4. The summed E-state index contributed by atoms with van der Waals surface area (Å²) in [5, 5.41) is 6.53. The van der Waals surface area contributed by atoms with Crippen molar-refractivity contribution in [3.8, 4) is 22.3 Å². The first-order valence-electron chi connectivity index (χ1n) is 44.0. The van der Waals surface area contributed by atoms with Crippen LogP contribution in [0.5, 0.6) is 0 Å². The van der Waals surface area contributed by atoms with E-state index in [-0.39, 0.29) is 29.1 Å². The summed E-state index contributed by atoms with van der Waals surface area (Å²) in [6, 6.07) is 30.6. The second kappa shape index (κ2) is 42.8. The van der Waals surface area contributed by atoms with Crippen molar-refractivity contribution in [3.05, 3.63) is 254 Å². The molecule has 1 fully saturated rings. The first-order chi connectivity index (χ1) is 55.1. The Kier molecular flexibility index (Phi) is 32.7. The number of H-pyrrole nitrogens is 2. The molecule has 114 heavy (non-hydrogen) atoms. The summed E-state index contributed by atoms with van der Waals surface area (Å²) < 4.78 is 0. The Morgan fingerprint density at radius 2 is 0.851 bits per heavy atom. The fourth-order valence-electron chi connectivity index (χ4n) is 17.3. The fraction of sp³-hybridized carbons (Fsp3) is 0.434. The van der Waals surface area contributed by atoms with Crippen molar-refractivity contribution in [1.29, 1.82) is 0 Å². The lowest BCUT2D eigenvalue weighted by molar-refractivity contribution is -0.125. The number of aromatic amines is 2. The quantitative estimate of drug-likeness (QED) is 0.0232. The number of hydrogen-bond acceptors (Lipinski definition) is 4. The number of nitrogens with one attached hydrogen (secondary N) is 4. The highest BCUT2D eigenvalue weighted by Gasteiger charge is 2.32. The smallest absolute Gasteiger partial charge is 0.227 e. The molecule has 3 aromatic carbocycles. The molecule has 10 rings (SSSR count). The molecule has 2 amide bonds. The Morgan fingerprint density at radius 3 is 1.27 bits per heavy atom. The van der Waals surface area contributed by atoms with Crippen LogP contribution < -0.4 is 10.6 Å². The monoisotopic (exact) mass is 1530 g/mol. The molecule has 2 aliphatic carbocycles. The number of aromatic nitrogens is 4. The molecule has 0 saturated heterocycles. The van der Waals surface area contributed by atoms with Crippen molar-refractivity contribution in [1.82, 2.24) is 19.9 Å². The van der Waals surface area contributed by atoms with Gasteiger partial charge >= 0.3 is 0 Å². The van der Waals surface area contributed by atoms with Gasteiger partial charge in [-0.3, -0.25) is 9.59 Å². The Morgan fingerprint density at radius 1 is 0.465 bits per heavy atom. The number of carbonyl (C=O) groups excluding carboxylic acids is 2. The molecule has 1 saturated carbocycles. The Hall–Kier alpha value is -9.40. The molecule has 6 aromatic rings. The van der Waals surface area contributed by atoms with Gasteiger partial charge in [-0.2, -0.15) is 0 Å². The maximum atomic E-state index is 14.4. The zero-order chi connectivity index (χ0) is 81.3. The first kappa shape index (κ1) is 87.0. The van der Waals surface area contributed by atoms with Crippen molar-refractivity contribution >= 4 is 73.6 Å². The summed E-state index contributed by atoms with van der Waals surface area (Å²) in [7, 11) is 0. The van der Waals surface area contributed by atoms with Crippen LogP contribution in [0.1, 0.15) is 307 Å². The molecular weight excluding hydrogens is 1390 g/mol. The first-order valence-corrected chi connectivity index (χ1v) is 44.0. The molecule has 0 spiro atoms. The topological polar surface area (TPSA) is 116 Å². The van der Waals surface area contributed by atoms with E-state index in [0.717, 1.165) is 135 Å². The number of anilines is 2. The van der Waals surface area contributed by atoms with Crippen LogP contribution in [0.3, 0.4) is 0 Å². The summed E-state index contributed by atoms with van der Waals surface area (Å²) in [5.74, 6) is -0.340. The van der Waals surface area contributed by atoms with Crippen molar-refractivity contribution in [2.45, 2.75) is 284 Å². The van der Waals surface area contributed by atoms with E-state index >= 15 is 0 Å². The molecule has 2 aliphatic heterocycles. The van der Waals surface area contributed by atoms with Crippen LogP contribution in [0.25, 0.3) is 72.7 Å². The van der Waals surface area contributed by atoms with Crippen LogP contribution in [0.15, 0.2) is 197 Å². The minimum atomic E-state index is -0.193. The van der Waals surface area contributed by atoms with Gasteiger partial charge in [-0.25, -0.2) is 9.97 Å². The number of hydrogen-bond donors (Lipinski definition) is 4. The standard InChI is InChI=1S/C106H136N6O2/c1-17-21-25-29-45-89-78(11)100-98(83-56-50-76(9)51-57-83)101-79(12)90(46-30-26-22-18-2)95(110-101)71-97-92(48-32-28-24-20-4)81(14)103(112-97)99(102-80(13)91(47-31-27-23-19-3)96(111-102)70-94(89)109-100)84-62-66-88(67-63-84)108-105(114)86-60-58-85(59-61-86)104(113)107-87-64-54-82(55-65-87)53-49-74(7)42-35-40-72(5)38-33-34-39-73(6)41-36-43-75(8)52-68-93-77(10)44-37-69-106(93,15)16/h33-36,38-43,49-57,62-68,70-71,85-86,109,112H,17-32,37,44-48,58-61,69H2,1-16H3,(H,107,113)(H,108,114)/b34-33+,40-35+,41-36+,53-49+,68-52+,72-38+,73-39+,74-42+,75-43+,94-70?,95-71?,96-70?,97-71?,100-98?,101-98?,102-99?,103-99?. The predicted molar refractivity (Wildman–Crippen MR) is 494 cm³/mol. The highest BCUT2D eigenvalue weighted by molar-refractivity contribution is 6.04. The van der Waals surface area contributed by atoms with Crippen molar-refractivity contribution in [2.75, 3.05) is 10.6 Å². The van der Waals surface area contributed by atoms with Crippen LogP contribution in [0.4, 0.5) is 11.4 Å². The lowest BCUT2D eigenvalue weighted by atomic mass is 9.72. The van der Waals surface area contributed by atoms with Crippen LogP contribution in [-0.4, -0.2) is 31.8 Å². The number of nitrogens with zero attached hydrogens (tertiary/aromatic N) is 2.